The van der Waals surface area contributed by atoms with Crippen LogP contribution in [-0.2, 0) is 11.8 Å². The number of fused-ring (bicyclic) bond motifs is 3. The van der Waals surface area contributed by atoms with Gasteiger partial charge >= 0.3 is 0 Å². The molecule has 9 heteroatoms. The summed E-state index contributed by atoms with van der Waals surface area (Å²) in [6.45, 7) is 1.81. The molecule has 2 atom stereocenters. The molecule has 5 heterocycles. The molecule has 25 heavy (non-hydrogen) atoms. The number of aryl methyl sites for hydroxylation is 1. The lowest BCUT2D eigenvalue weighted by molar-refractivity contribution is 0.0301. The Bertz CT molecular complexity index is 955. The number of aromatic nitrogens is 5. The van der Waals surface area contributed by atoms with Crippen LogP contribution in [0, 0.1) is 7.53 Å². The lowest BCUT2D eigenvalue weighted by atomic mass is 10.1. The number of ether oxygens (including phenoxy) is 1. The minimum atomic E-state index is 0.332. The second kappa shape index (κ2) is 6.05. The third kappa shape index (κ3) is 2.65. The van der Waals surface area contributed by atoms with E-state index in [1.807, 2.05) is 28.5 Å². The van der Waals surface area contributed by atoms with E-state index >= 15 is 0 Å². The summed E-state index contributed by atoms with van der Waals surface area (Å²) in [5.74, 6) is 0.982. The van der Waals surface area contributed by atoms with Crippen LogP contribution >= 0.6 is 45.2 Å². The van der Waals surface area contributed by atoms with E-state index in [0.717, 1.165) is 56.1 Å². The first-order valence-corrected chi connectivity index (χ1v) is 10.4. The predicted molar refractivity (Wildman–Crippen MR) is 111 cm³/mol. The highest BCUT2D eigenvalue weighted by Gasteiger charge is 2.34. The Balaban J connectivity index is 1.70. The summed E-state index contributed by atoms with van der Waals surface area (Å²) < 4.78 is 11.7. The number of hydrogen-bond donors (Lipinski definition) is 0. The lowest BCUT2D eigenvalue weighted by Gasteiger charge is -2.33. The van der Waals surface area contributed by atoms with Crippen LogP contribution in [0.15, 0.2) is 18.3 Å². The van der Waals surface area contributed by atoms with Crippen molar-refractivity contribution in [3.8, 4) is 11.3 Å². The molecule has 2 unspecified atom stereocenters. The average Bonchev–Trinajstić information content (AvgIpc) is 3.25. The van der Waals surface area contributed by atoms with Crippen LogP contribution in [0.4, 0.5) is 5.82 Å². The van der Waals surface area contributed by atoms with Gasteiger partial charge in [0.1, 0.15) is 9.22 Å². The van der Waals surface area contributed by atoms with Crippen LogP contribution in [0.3, 0.4) is 0 Å². The Morgan fingerprint density at radius 3 is 2.64 bits per heavy atom. The van der Waals surface area contributed by atoms with Gasteiger partial charge in [-0.05, 0) is 47.6 Å². The zero-order chi connectivity index (χ0) is 17.1. The number of rotatable bonds is 2. The summed E-state index contributed by atoms with van der Waals surface area (Å²) in [7, 11) is 1.97. The molecule has 3 aromatic rings. The molecular formula is C16H16I2N6O. The normalized spacial score (nSPS) is 22.9. The predicted octanol–water partition coefficient (Wildman–Crippen LogP) is 2.71. The van der Waals surface area contributed by atoms with E-state index in [1.54, 1.807) is 0 Å². The van der Waals surface area contributed by atoms with Gasteiger partial charge in [-0.2, -0.15) is 5.10 Å². The highest BCUT2D eigenvalue weighted by Crippen LogP contribution is 2.34. The van der Waals surface area contributed by atoms with E-state index in [4.69, 9.17) is 9.84 Å². The van der Waals surface area contributed by atoms with Crippen LogP contribution in [0.5, 0.6) is 0 Å². The standard InChI is InChI=1S/C16H16I2N6O/c1-22-12(4-5-19-22)11-6-13(21-24-14(11)15(17)20-16(24)18)23-7-9-2-3-10(8-23)25-9/h4-6,9-10H,2-3,7-8H2,1H3. The summed E-state index contributed by atoms with van der Waals surface area (Å²) in [5, 5.41) is 9.24. The fourth-order valence-electron chi connectivity index (χ4n) is 3.80. The van der Waals surface area contributed by atoms with Crippen molar-refractivity contribution in [3.63, 3.8) is 0 Å². The molecule has 2 saturated heterocycles. The van der Waals surface area contributed by atoms with E-state index in [0.29, 0.717) is 12.2 Å². The molecule has 2 aliphatic rings. The minimum Gasteiger partial charge on any atom is -0.371 e. The molecule has 2 aliphatic heterocycles. The zero-order valence-electron chi connectivity index (χ0n) is 13.6. The summed E-state index contributed by atoms with van der Waals surface area (Å²) in [5.41, 5.74) is 3.22. The number of morpholine rings is 1. The fourth-order valence-corrected chi connectivity index (χ4v) is 5.60. The first-order chi connectivity index (χ1) is 12.1. The van der Waals surface area contributed by atoms with E-state index in [-0.39, 0.29) is 0 Å². The van der Waals surface area contributed by atoms with Crippen LogP contribution in [-0.4, -0.2) is 49.7 Å². The van der Waals surface area contributed by atoms with Crippen molar-refractivity contribution in [2.24, 2.45) is 7.05 Å². The number of hydrogen-bond acceptors (Lipinski definition) is 5. The van der Waals surface area contributed by atoms with Gasteiger partial charge in [0.15, 0.2) is 9.65 Å². The molecule has 0 aliphatic carbocycles. The largest absolute Gasteiger partial charge is 0.371 e. The maximum absolute atomic E-state index is 5.98. The van der Waals surface area contributed by atoms with Gasteiger partial charge in [-0.25, -0.2) is 9.50 Å². The molecular weight excluding hydrogens is 546 g/mol. The van der Waals surface area contributed by atoms with Gasteiger partial charge in [0.05, 0.1) is 17.9 Å². The van der Waals surface area contributed by atoms with E-state index in [9.17, 15) is 0 Å². The fraction of sp³-hybridized carbons (Fsp3) is 0.438. The summed E-state index contributed by atoms with van der Waals surface area (Å²) in [6, 6.07) is 4.22. The molecule has 3 aromatic heterocycles. The minimum absolute atomic E-state index is 0.332. The van der Waals surface area contributed by atoms with Crippen molar-refractivity contribution in [1.29, 1.82) is 0 Å². The van der Waals surface area contributed by atoms with Gasteiger partial charge in [0, 0.05) is 54.5 Å². The first kappa shape index (κ1) is 16.2. The Morgan fingerprint density at radius 1 is 1.20 bits per heavy atom. The van der Waals surface area contributed by atoms with Gasteiger partial charge in [-0.1, -0.05) is 0 Å². The Labute approximate surface area is 172 Å². The van der Waals surface area contributed by atoms with Crippen molar-refractivity contribution in [2.45, 2.75) is 25.0 Å². The summed E-state index contributed by atoms with van der Waals surface area (Å²) in [4.78, 5) is 6.98. The van der Waals surface area contributed by atoms with Crippen LogP contribution in [0.2, 0.25) is 0 Å². The second-order valence-corrected chi connectivity index (χ2v) is 8.54. The van der Waals surface area contributed by atoms with Crippen molar-refractivity contribution in [2.75, 3.05) is 18.0 Å². The molecule has 2 bridgehead atoms. The van der Waals surface area contributed by atoms with Gasteiger partial charge in [0.2, 0.25) is 0 Å². The quantitative estimate of drug-likeness (QED) is 0.450. The highest BCUT2D eigenvalue weighted by molar-refractivity contribution is 14.1. The van der Waals surface area contributed by atoms with Crippen LogP contribution < -0.4 is 4.90 Å². The third-order valence-corrected chi connectivity index (χ3v) is 6.42. The molecule has 0 aromatic carbocycles. The molecule has 2 fully saturated rings. The number of nitrogens with zero attached hydrogens (tertiary/aromatic N) is 6. The number of halogens is 2. The molecule has 0 saturated carbocycles. The zero-order valence-corrected chi connectivity index (χ0v) is 17.9. The Morgan fingerprint density at radius 2 is 1.96 bits per heavy atom. The molecule has 5 rings (SSSR count). The number of imidazole rings is 1. The highest BCUT2D eigenvalue weighted by atomic mass is 127. The smallest absolute Gasteiger partial charge is 0.193 e. The van der Waals surface area contributed by atoms with Crippen molar-refractivity contribution >= 4 is 56.5 Å². The van der Waals surface area contributed by atoms with E-state index in [2.05, 4.69) is 66.2 Å². The van der Waals surface area contributed by atoms with Gasteiger partial charge in [-0.15, -0.1) is 5.10 Å². The van der Waals surface area contributed by atoms with Gasteiger partial charge in [-0.3, -0.25) is 4.68 Å². The SMILES string of the molecule is Cn1nccc1-c1cc(N2CC3CCC(C2)O3)nn2c(I)nc(I)c12. The van der Waals surface area contributed by atoms with Crippen molar-refractivity contribution in [1.82, 2.24) is 24.4 Å². The molecule has 7 nitrogen and oxygen atoms in total. The van der Waals surface area contributed by atoms with Crippen LogP contribution in [0.25, 0.3) is 16.8 Å². The van der Waals surface area contributed by atoms with Crippen molar-refractivity contribution < 1.29 is 4.74 Å². The van der Waals surface area contributed by atoms with E-state index < -0.39 is 0 Å². The third-order valence-electron chi connectivity index (χ3n) is 4.97. The number of anilines is 1. The first-order valence-electron chi connectivity index (χ1n) is 8.23. The van der Waals surface area contributed by atoms with Gasteiger partial charge < -0.3 is 9.64 Å². The van der Waals surface area contributed by atoms with Crippen molar-refractivity contribution in [3.05, 3.63) is 25.9 Å². The molecule has 0 amide bonds. The average molecular weight is 562 g/mol. The summed E-state index contributed by atoms with van der Waals surface area (Å²) in [6.07, 6.45) is 4.79. The van der Waals surface area contributed by atoms with E-state index in [1.165, 1.54) is 0 Å². The lowest BCUT2D eigenvalue weighted by Crippen LogP contribution is -2.43. The molecule has 0 N–H and O–H groups in total. The monoisotopic (exact) mass is 562 g/mol. The molecule has 130 valence electrons. The second-order valence-electron chi connectivity index (χ2n) is 6.55. The maximum Gasteiger partial charge on any atom is 0.193 e. The van der Waals surface area contributed by atoms with Gasteiger partial charge in [0.25, 0.3) is 0 Å². The molecule has 0 radical (unpaired) electrons. The topological polar surface area (TPSA) is 60.5 Å². The maximum atomic E-state index is 5.98. The Hall–Kier alpha value is -0.950. The summed E-state index contributed by atoms with van der Waals surface area (Å²) >= 11 is 4.53. The van der Waals surface area contributed by atoms with Crippen LogP contribution in [0.1, 0.15) is 12.8 Å². The Kier molecular flexibility index (Phi) is 3.93. The molecule has 0 spiro atoms.